The standard InChI is InChI=1S/C27H26Cl2N4O3.Na.H/c1-17(2)18(3)33(27-30-15-6-16-31-27)20-13-11-19(12-14-20)7-4-10-23(26(35)36)32-25(34)24-21(28)8-5-9-22(24)29;;/h4-9,11-16,23H,10H2,1-3H3,(H,32,34)(H,35,36);;/q;+1;-1/b7-4+;;. The number of allylic oxidation sites excluding steroid dienone is 2. The van der Waals surface area contributed by atoms with Crippen molar-refractivity contribution >= 4 is 52.8 Å². The van der Waals surface area contributed by atoms with Crippen LogP contribution in [0, 0.1) is 0 Å². The second-order valence-electron chi connectivity index (χ2n) is 8.16. The van der Waals surface area contributed by atoms with E-state index in [1.165, 1.54) is 12.1 Å². The van der Waals surface area contributed by atoms with Gasteiger partial charge in [0.25, 0.3) is 5.91 Å². The monoisotopic (exact) mass is 548 g/mol. The first-order valence-electron chi connectivity index (χ1n) is 11.1. The molecule has 0 bridgehead atoms. The fourth-order valence-electron chi connectivity index (χ4n) is 3.33. The van der Waals surface area contributed by atoms with Gasteiger partial charge in [0, 0.05) is 23.8 Å². The number of carboxylic acid groups (broad SMARTS) is 1. The van der Waals surface area contributed by atoms with Gasteiger partial charge in [0.1, 0.15) is 6.04 Å². The van der Waals surface area contributed by atoms with Crippen LogP contribution in [0.25, 0.3) is 6.08 Å². The normalized spacial score (nSPS) is 11.4. The third kappa shape index (κ3) is 8.15. The Labute approximate surface area is 250 Å². The van der Waals surface area contributed by atoms with E-state index in [4.69, 9.17) is 23.2 Å². The summed E-state index contributed by atoms with van der Waals surface area (Å²) in [6, 6.07) is 13.0. The molecule has 0 saturated carbocycles. The first-order chi connectivity index (χ1) is 17.2. The van der Waals surface area contributed by atoms with Gasteiger partial charge in [0.2, 0.25) is 5.95 Å². The number of carboxylic acids is 1. The molecular weight excluding hydrogens is 522 g/mol. The van der Waals surface area contributed by atoms with Gasteiger partial charge in [-0.3, -0.25) is 9.69 Å². The van der Waals surface area contributed by atoms with E-state index in [9.17, 15) is 14.7 Å². The molecule has 0 fully saturated rings. The Morgan fingerprint density at radius 1 is 1.03 bits per heavy atom. The van der Waals surface area contributed by atoms with Gasteiger partial charge in [0.05, 0.1) is 15.6 Å². The average molecular weight is 549 g/mol. The number of nitrogens with zero attached hydrogens (tertiary/aromatic N) is 3. The maximum Gasteiger partial charge on any atom is 1.00 e. The van der Waals surface area contributed by atoms with E-state index in [0.717, 1.165) is 22.5 Å². The van der Waals surface area contributed by atoms with Crippen LogP contribution in [0.5, 0.6) is 0 Å². The number of nitrogens with one attached hydrogen (secondary N) is 1. The molecule has 2 aromatic carbocycles. The van der Waals surface area contributed by atoms with Crippen molar-refractivity contribution in [2.45, 2.75) is 33.2 Å². The summed E-state index contributed by atoms with van der Waals surface area (Å²) >= 11 is 12.1. The third-order valence-corrected chi connectivity index (χ3v) is 6.07. The molecule has 10 heteroatoms. The summed E-state index contributed by atoms with van der Waals surface area (Å²) in [7, 11) is 0. The minimum absolute atomic E-state index is 0. The third-order valence-electron chi connectivity index (χ3n) is 5.44. The molecule has 0 aliphatic carbocycles. The SMILES string of the molecule is CC(C)=C(C)N(c1ccc(/C=C/CC(NC(=O)c2c(Cl)cccc2Cl)C(=O)O)cc1)c1ncccn1.[H-].[Na+]. The molecule has 3 rings (SSSR count). The van der Waals surface area contributed by atoms with Crippen LogP contribution in [0.2, 0.25) is 10.0 Å². The maximum absolute atomic E-state index is 12.6. The summed E-state index contributed by atoms with van der Waals surface area (Å²) < 4.78 is 0. The molecule has 0 saturated heterocycles. The Balaban J connectivity index is 0.00000361. The average Bonchev–Trinajstić information content (AvgIpc) is 2.85. The van der Waals surface area contributed by atoms with Crippen molar-refractivity contribution in [2.24, 2.45) is 0 Å². The van der Waals surface area contributed by atoms with Crippen LogP contribution in [0.3, 0.4) is 0 Å². The smallest absolute Gasteiger partial charge is 1.00 e. The summed E-state index contributed by atoms with van der Waals surface area (Å²) in [6.07, 6.45) is 6.96. The van der Waals surface area contributed by atoms with Crippen LogP contribution < -0.4 is 39.8 Å². The molecule has 3 aromatic rings. The van der Waals surface area contributed by atoms with Crippen molar-refractivity contribution in [1.82, 2.24) is 15.3 Å². The van der Waals surface area contributed by atoms with Crippen molar-refractivity contribution < 1.29 is 45.7 Å². The summed E-state index contributed by atoms with van der Waals surface area (Å²) in [5.74, 6) is -1.24. The fraction of sp³-hybridized carbons (Fsp3) is 0.185. The zero-order chi connectivity index (χ0) is 26.2. The maximum atomic E-state index is 12.6. The number of carbonyl (C=O) groups excluding carboxylic acids is 1. The van der Waals surface area contributed by atoms with E-state index < -0.39 is 17.9 Å². The molecule has 0 radical (unpaired) electrons. The Kier molecular flexibility index (Phi) is 11.8. The van der Waals surface area contributed by atoms with Gasteiger partial charge in [-0.25, -0.2) is 14.8 Å². The molecule has 1 amide bonds. The zero-order valence-corrected chi connectivity index (χ0v) is 24.6. The second kappa shape index (κ2) is 14.3. The predicted molar refractivity (Wildman–Crippen MR) is 145 cm³/mol. The molecule has 1 unspecified atom stereocenters. The molecule has 0 aliphatic rings. The van der Waals surface area contributed by atoms with Gasteiger partial charge in [-0.05, 0) is 63.1 Å². The van der Waals surface area contributed by atoms with Gasteiger partial charge in [-0.15, -0.1) is 0 Å². The number of aromatic nitrogens is 2. The summed E-state index contributed by atoms with van der Waals surface area (Å²) in [5, 5.41) is 12.4. The van der Waals surface area contributed by atoms with E-state index >= 15 is 0 Å². The summed E-state index contributed by atoms with van der Waals surface area (Å²) in [6.45, 7) is 6.06. The molecule has 37 heavy (non-hydrogen) atoms. The molecule has 1 heterocycles. The van der Waals surface area contributed by atoms with Crippen LogP contribution in [0.4, 0.5) is 11.6 Å². The number of hydrogen-bond donors (Lipinski definition) is 2. The zero-order valence-electron chi connectivity index (χ0n) is 22.1. The number of carbonyl (C=O) groups is 2. The Morgan fingerprint density at radius 2 is 1.62 bits per heavy atom. The quantitative estimate of drug-likeness (QED) is 0.396. The van der Waals surface area contributed by atoms with E-state index in [0.29, 0.717) is 5.95 Å². The molecule has 0 spiro atoms. The number of anilines is 2. The largest absolute Gasteiger partial charge is 1.00 e. The number of halogens is 2. The van der Waals surface area contributed by atoms with Gasteiger partial charge in [-0.1, -0.05) is 59.1 Å². The van der Waals surface area contributed by atoms with Gasteiger partial charge in [-0.2, -0.15) is 0 Å². The number of amides is 1. The van der Waals surface area contributed by atoms with Crippen LogP contribution in [0.1, 0.15) is 44.5 Å². The molecule has 0 aliphatic heterocycles. The van der Waals surface area contributed by atoms with Crippen molar-refractivity contribution in [1.29, 1.82) is 0 Å². The van der Waals surface area contributed by atoms with Crippen molar-refractivity contribution in [3.63, 3.8) is 0 Å². The number of aliphatic carboxylic acids is 1. The first kappa shape index (κ1) is 30.5. The van der Waals surface area contributed by atoms with E-state index in [1.54, 1.807) is 36.7 Å². The van der Waals surface area contributed by atoms with Crippen molar-refractivity contribution in [3.8, 4) is 0 Å². The molecule has 1 aromatic heterocycles. The Bertz CT molecular complexity index is 1280. The topological polar surface area (TPSA) is 95.4 Å². The number of benzene rings is 2. The molecule has 7 nitrogen and oxygen atoms in total. The van der Waals surface area contributed by atoms with Gasteiger partial charge >= 0.3 is 35.5 Å². The van der Waals surface area contributed by atoms with Gasteiger partial charge < -0.3 is 11.8 Å². The second-order valence-corrected chi connectivity index (χ2v) is 8.97. The van der Waals surface area contributed by atoms with Crippen LogP contribution >= 0.6 is 23.2 Å². The van der Waals surface area contributed by atoms with Crippen LogP contribution in [0.15, 0.2) is 78.3 Å². The molecule has 188 valence electrons. The minimum Gasteiger partial charge on any atom is -1.00 e. The Hall–Kier alpha value is -2.68. The summed E-state index contributed by atoms with van der Waals surface area (Å²) in [5.41, 5.74) is 3.95. The Morgan fingerprint density at radius 3 is 2.16 bits per heavy atom. The summed E-state index contributed by atoms with van der Waals surface area (Å²) in [4.78, 5) is 35.0. The van der Waals surface area contributed by atoms with E-state index in [2.05, 4.69) is 15.3 Å². The predicted octanol–water partition coefficient (Wildman–Crippen LogP) is 3.64. The molecule has 2 N–H and O–H groups in total. The number of rotatable bonds is 9. The van der Waals surface area contributed by atoms with Crippen LogP contribution in [-0.2, 0) is 4.79 Å². The molecule has 1 atom stereocenters. The van der Waals surface area contributed by atoms with Gasteiger partial charge in [0.15, 0.2) is 0 Å². The fourth-order valence-corrected chi connectivity index (χ4v) is 3.90. The first-order valence-corrected chi connectivity index (χ1v) is 11.9. The minimum atomic E-state index is -1.16. The van der Waals surface area contributed by atoms with Crippen molar-refractivity contribution in [2.75, 3.05) is 4.90 Å². The number of hydrogen-bond acceptors (Lipinski definition) is 5. The van der Waals surface area contributed by atoms with Crippen molar-refractivity contribution in [3.05, 3.63) is 99.4 Å². The van der Waals surface area contributed by atoms with E-state index in [-0.39, 0.29) is 53.0 Å². The van der Waals surface area contributed by atoms with E-state index in [1.807, 2.05) is 49.9 Å². The van der Waals surface area contributed by atoms with Crippen LogP contribution in [-0.4, -0.2) is 33.0 Å². The molecular formula is C27H27Cl2N4NaO3.